The second-order valence-corrected chi connectivity index (χ2v) is 28.3. The van der Waals surface area contributed by atoms with Gasteiger partial charge in [0, 0.05) is 10.8 Å². The van der Waals surface area contributed by atoms with E-state index in [1.54, 1.807) is 0 Å². The Morgan fingerprint density at radius 3 is 1.54 bits per heavy atom. The van der Waals surface area contributed by atoms with Crippen LogP contribution in [0.4, 0.5) is 0 Å². The third-order valence-corrected chi connectivity index (χ3v) is 22.3. The number of rotatable bonds is 20. The van der Waals surface area contributed by atoms with Crippen molar-refractivity contribution in [3.63, 3.8) is 0 Å². The molecule has 5 aliphatic heterocycles. The summed E-state index contributed by atoms with van der Waals surface area (Å²) in [6.45, 7) is 12.0. The van der Waals surface area contributed by atoms with Crippen LogP contribution in [0.5, 0.6) is 0 Å². The van der Waals surface area contributed by atoms with Crippen LogP contribution < -0.4 is 0 Å². The van der Waals surface area contributed by atoms with E-state index in [1.807, 2.05) is 13.8 Å². The Morgan fingerprint density at radius 1 is 0.539 bits per heavy atom. The molecular formula is C60H100O29. The van der Waals surface area contributed by atoms with Crippen molar-refractivity contribution in [2.75, 3.05) is 33.0 Å². The Labute approximate surface area is 516 Å². The zero-order valence-corrected chi connectivity index (χ0v) is 51.6. The molecule has 29 nitrogen and oxygen atoms in total. The number of aliphatic hydroxyl groups excluding tert-OH is 18. The summed E-state index contributed by atoms with van der Waals surface area (Å²) in [6.07, 6.45) is -35.6. The summed E-state index contributed by atoms with van der Waals surface area (Å²) in [5, 5.41) is 206. The molecule has 7 fully saturated rings. The Hall–Kier alpha value is -1.68. The maximum absolute atomic E-state index is 12.8. The molecule has 89 heavy (non-hydrogen) atoms. The van der Waals surface area contributed by atoms with Crippen molar-refractivity contribution in [3.05, 3.63) is 23.8 Å². The van der Waals surface area contributed by atoms with E-state index in [-0.39, 0.29) is 30.1 Å². The van der Waals surface area contributed by atoms with Crippen LogP contribution in [0.3, 0.4) is 0 Å². The van der Waals surface area contributed by atoms with E-state index in [2.05, 4.69) is 45.9 Å². The van der Waals surface area contributed by atoms with Crippen LogP contribution in [0.2, 0.25) is 0 Å². The predicted octanol–water partition coefficient (Wildman–Crippen LogP) is -5.63. The fourth-order valence-corrected chi connectivity index (χ4v) is 16.4. The normalized spacial score (nSPS) is 51.6. The van der Waals surface area contributed by atoms with E-state index in [4.69, 9.17) is 47.4 Å². The summed E-state index contributed by atoms with van der Waals surface area (Å²) in [6, 6.07) is 0. The summed E-state index contributed by atoms with van der Waals surface area (Å²) in [4.78, 5) is 0. The minimum Gasteiger partial charge on any atom is -0.394 e. The van der Waals surface area contributed by atoms with Gasteiger partial charge in [-0.05, 0) is 86.9 Å². The molecule has 9 aliphatic rings. The van der Waals surface area contributed by atoms with Crippen molar-refractivity contribution in [1.29, 1.82) is 0 Å². The van der Waals surface area contributed by atoms with Crippen molar-refractivity contribution >= 4 is 0 Å². The number of fused-ring (bicyclic) bond motifs is 5. The minimum absolute atomic E-state index is 0.0641. The van der Waals surface area contributed by atoms with E-state index < -0.39 is 232 Å². The fraction of sp³-hybridized carbons (Fsp3) is 0.933. The number of aliphatic hydroxyl groups is 19. The Bertz CT molecular complexity index is 2390. The molecule has 0 unspecified atom stereocenters. The van der Waals surface area contributed by atoms with Gasteiger partial charge >= 0.3 is 0 Å². The van der Waals surface area contributed by atoms with E-state index in [9.17, 15) is 97.0 Å². The molecule has 0 aromatic heterocycles. The molecule has 514 valence electrons. The minimum atomic E-state index is -1.97. The van der Waals surface area contributed by atoms with Crippen LogP contribution in [0, 0.1) is 45.3 Å². The first-order chi connectivity index (χ1) is 41.7. The quantitative estimate of drug-likeness (QED) is 0.0505. The fourth-order valence-electron chi connectivity index (χ4n) is 16.4. The Balaban J connectivity index is 0.897. The van der Waals surface area contributed by atoms with Gasteiger partial charge in [-0.25, -0.2) is 0 Å². The predicted molar refractivity (Wildman–Crippen MR) is 300 cm³/mol. The van der Waals surface area contributed by atoms with Gasteiger partial charge in [0.1, 0.15) is 122 Å². The SMILES string of the molecule is C[C@H](CC[C@@H](O[C@@H]1O[C@H](CO[C@@H]2O[C@H](CO)[C@@H](O)[C@H](O)[C@H]2O)[C@@H](O)[C@H](O)[C@H]1O[C@@H]1O[C@H](CO)[C@@H](O)[C@H](O)[C@H]1O)C(C)(C)O)[C@H]1C=C[C@@]2(C)[C@@H]3CC=C4[C@@H](CC[C@H](O[C@@H]5O[C@H](CO)[C@@H](O)[C@H](O[C@@H]6O[C@H](CO)[C@@H](O)[C@H](O)[C@H]6O)[C@H]5O)C4(C)C)[C@]3(C)[C@H](O)C[C@]12C. The van der Waals surface area contributed by atoms with Gasteiger partial charge in [-0.3, -0.25) is 0 Å². The molecule has 0 amide bonds. The highest BCUT2D eigenvalue weighted by molar-refractivity contribution is 5.35. The lowest BCUT2D eigenvalue weighted by atomic mass is 9.38. The molecule has 2 saturated carbocycles. The van der Waals surface area contributed by atoms with E-state index >= 15 is 0 Å². The first-order valence-corrected chi connectivity index (χ1v) is 31.3. The monoisotopic (exact) mass is 1280 g/mol. The van der Waals surface area contributed by atoms with Gasteiger partial charge in [0.15, 0.2) is 31.5 Å². The molecule has 19 N–H and O–H groups in total. The van der Waals surface area contributed by atoms with Gasteiger partial charge in [0.25, 0.3) is 0 Å². The topological polar surface area (TPSA) is 477 Å². The summed E-state index contributed by atoms with van der Waals surface area (Å²) < 4.78 is 59.5. The van der Waals surface area contributed by atoms with Gasteiger partial charge in [-0.15, -0.1) is 0 Å². The molecule has 4 aliphatic carbocycles. The zero-order valence-electron chi connectivity index (χ0n) is 51.6. The number of hydrogen-bond donors (Lipinski definition) is 19. The molecule has 0 aromatic carbocycles. The van der Waals surface area contributed by atoms with Gasteiger partial charge < -0.3 is 144 Å². The maximum Gasteiger partial charge on any atom is 0.187 e. The maximum atomic E-state index is 12.8. The summed E-state index contributed by atoms with van der Waals surface area (Å²) in [5.41, 5.74) is -2.95. The molecule has 0 aromatic rings. The third-order valence-electron chi connectivity index (χ3n) is 22.3. The highest BCUT2D eigenvalue weighted by atomic mass is 16.8. The summed E-state index contributed by atoms with van der Waals surface area (Å²) >= 11 is 0. The first-order valence-electron chi connectivity index (χ1n) is 31.3. The summed E-state index contributed by atoms with van der Waals surface area (Å²) in [7, 11) is 0. The van der Waals surface area contributed by atoms with Crippen molar-refractivity contribution in [2.24, 2.45) is 45.3 Å². The van der Waals surface area contributed by atoms with Crippen molar-refractivity contribution in [1.82, 2.24) is 0 Å². The standard InChI is InChI=1S/C60H100O29/c1-23(9-13-35(57(4,5)79)87-55-50(89-53-47(77)43(73)38(68)29(20-63)83-53)44(74)39(69)31(85-55)22-80-51-45(75)41(71)36(66)27(18-61)81-51)24-15-16-58(6)32-12-10-25-26(60(32,8)33(65)17-59(24,58)7)11-14-34(56(25,2)3)86-54-48(78)49(40(70)30(21-64)84-54)88-52-46(76)42(72)37(67)28(19-62)82-52/h10,15-16,23-24,26-55,61-79H,9,11-14,17-22H2,1-8H3/t23-,24-,26-,27-,28-,29-,30-,31-,32+,33-,34+,35-,36-,37-,38-,39-,40-,41+,42+,43+,44+,45-,46-,47-,48-,49+,50-,51-,52+,53+,54+,55+,58+,59-,60+/m1/s1. The number of hydrogen-bond acceptors (Lipinski definition) is 29. The van der Waals surface area contributed by atoms with Crippen LogP contribution >= 0.6 is 0 Å². The zero-order chi connectivity index (χ0) is 65.5. The van der Waals surface area contributed by atoms with Crippen molar-refractivity contribution in [2.45, 2.75) is 271 Å². The van der Waals surface area contributed by atoms with Crippen molar-refractivity contribution in [3.8, 4) is 0 Å². The lowest BCUT2D eigenvalue weighted by Gasteiger charge is -2.67. The average Bonchev–Trinajstić information content (AvgIpc) is 1.66. The van der Waals surface area contributed by atoms with E-state index in [0.29, 0.717) is 32.1 Å². The molecule has 0 bridgehead atoms. The molecule has 0 radical (unpaired) electrons. The van der Waals surface area contributed by atoms with Gasteiger partial charge in [-0.2, -0.15) is 0 Å². The average molecular weight is 1290 g/mol. The molecular weight excluding hydrogens is 1180 g/mol. The summed E-state index contributed by atoms with van der Waals surface area (Å²) in [5.74, 6) is -0.435. The van der Waals surface area contributed by atoms with E-state index in [1.165, 1.54) is 13.8 Å². The largest absolute Gasteiger partial charge is 0.394 e. The molecule has 35 atom stereocenters. The molecule has 5 saturated heterocycles. The molecule has 9 rings (SSSR count). The van der Waals surface area contributed by atoms with Crippen LogP contribution in [-0.2, 0) is 47.4 Å². The van der Waals surface area contributed by atoms with Crippen LogP contribution in [0.25, 0.3) is 0 Å². The Morgan fingerprint density at radius 2 is 1.01 bits per heavy atom. The first kappa shape index (κ1) is 71.6. The van der Waals surface area contributed by atoms with Crippen LogP contribution in [0.15, 0.2) is 23.8 Å². The van der Waals surface area contributed by atoms with Gasteiger partial charge in [0.05, 0.1) is 56.9 Å². The van der Waals surface area contributed by atoms with Crippen molar-refractivity contribution < 1.29 is 144 Å². The lowest BCUT2D eigenvalue weighted by Crippen LogP contribution is -2.66. The van der Waals surface area contributed by atoms with Gasteiger partial charge in [-0.1, -0.05) is 65.3 Å². The Kier molecular flexibility index (Phi) is 22.1. The smallest absolute Gasteiger partial charge is 0.187 e. The third kappa shape index (κ3) is 12.9. The lowest BCUT2D eigenvalue weighted by molar-refractivity contribution is -0.380. The molecule has 29 heteroatoms. The van der Waals surface area contributed by atoms with Gasteiger partial charge in [0.2, 0.25) is 0 Å². The highest BCUT2D eigenvalue weighted by Crippen LogP contribution is 2.73. The number of ether oxygens (including phenoxy) is 10. The molecule has 0 spiro atoms. The highest BCUT2D eigenvalue weighted by Gasteiger charge is 2.69. The van der Waals surface area contributed by atoms with E-state index in [0.717, 1.165) is 5.57 Å². The van der Waals surface area contributed by atoms with Crippen LogP contribution in [-0.4, -0.2) is 308 Å². The molecule has 5 heterocycles. The second kappa shape index (κ2) is 27.4. The second-order valence-electron chi connectivity index (χ2n) is 28.3. The van der Waals surface area contributed by atoms with Crippen LogP contribution in [0.1, 0.15) is 93.9 Å². The number of allylic oxidation sites excluding steroid dienone is 3.